The Morgan fingerprint density at radius 2 is 1.89 bits per heavy atom. The van der Waals surface area contributed by atoms with Gasteiger partial charge in [0.1, 0.15) is 5.82 Å². The number of rotatable bonds is 7. The largest absolute Gasteiger partial charge is 0.357 e. The van der Waals surface area contributed by atoms with Gasteiger partial charge in [-0.2, -0.15) is 0 Å². The summed E-state index contributed by atoms with van der Waals surface area (Å²) in [5.41, 5.74) is 1.25. The van der Waals surface area contributed by atoms with Gasteiger partial charge in [0.05, 0.1) is 0 Å². The molecule has 1 aromatic heterocycles. The van der Waals surface area contributed by atoms with Crippen molar-refractivity contribution in [3.05, 3.63) is 23.9 Å². The van der Waals surface area contributed by atoms with Gasteiger partial charge in [0.2, 0.25) is 0 Å². The molecule has 1 rings (SSSR count). The van der Waals surface area contributed by atoms with E-state index >= 15 is 0 Å². The van der Waals surface area contributed by atoms with E-state index in [1.807, 2.05) is 6.20 Å². The summed E-state index contributed by atoms with van der Waals surface area (Å²) in [7, 11) is 2.13. The Bertz CT molecular complexity index is 330. The SMILES string of the molecule is CCNC(C)c1ccc(N(C)C(CC)CC)nc1. The molecule has 0 spiro atoms. The lowest BCUT2D eigenvalue weighted by atomic mass is 10.1. The summed E-state index contributed by atoms with van der Waals surface area (Å²) in [6, 6.07) is 5.25. The molecule has 0 fully saturated rings. The van der Waals surface area contributed by atoms with Crippen molar-refractivity contribution < 1.29 is 0 Å². The van der Waals surface area contributed by atoms with Crippen LogP contribution in [0, 0.1) is 0 Å². The zero-order valence-electron chi connectivity index (χ0n) is 12.4. The Hall–Kier alpha value is -1.09. The molecule has 102 valence electrons. The summed E-state index contributed by atoms with van der Waals surface area (Å²) in [6.07, 6.45) is 4.30. The number of nitrogens with one attached hydrogen (secondary N) is 1. The second kappa shape index (κ2) is 7.37. The van der Waals surface area contributed by atoms with Gasteiger partial charge >= 0.3 is 0 Å². The van der Waals surface area contributed by atoms with Gasteiger partial charge in [-0.25, -0.2) is 4.98 Å². The normalized spacial score (nSPS) is 12.8. The van der Waals surface area contributed by atoms with Crippen LogP contribution in [0.3, 0.4) is 0 Å². The van der Waals surface area contributed by atoms with Crippen LogP contribution in [0.25, 0.3) is 0 Å². The van der Waals surface area contributed by atoms with Crippen LogP contribution in [-0.2, 0) is 0 Å². The van der Waals surface area contributed by atoms with E-state index in [2.05, 4.69) is 62.1 Å². The number of pyridine rings is 1. The van der Waals surface area contributed by atoms with Crippen LogP contribution in [0.4, 0.5) is 5.82 Å². The number of hydrogen-bond acceptors (Lipinski definition) is 3. The van der Waals surface area contributed by atoms with Crippen LogP contribution < -0.4 is 10.2 Å². The molecule has 18 heavy (non-hydrogen) atoms. The molecule has 0 aliphatic heterocycles. The molecule has 0 amide bonds. The van der Waals surface area contributed by atoms with E-state index in [0.29, 0.717) is 12.1 Å². The molecule has 0 aliphatic rings. The maximum absolute atomic E-state index is 4.58. The first-order chi connectivity index (χ1) is 8.63. The van der Waals surface area contributed by atoms with Crippen LogP contribution >= 0.6 is 0 Å². The third kappa shape index (κ3) is 3.70. The molecule has 0 radical (unpaired) electrons. The van der Waals surface area contributed by atoms with E-state index in [0.717, 1.165) is 25.2 Å². The van der Waals surface area contributed by atoms with Crippen LogP contribution in [-0.4, -0.2) is 24.6 Å². The van der Waals surface area contributed by atoms with Gasteiger partial charge in [0.25, 0.3) is 0 Å². The molecule has 1 aromatic rings. The highest BCUT2D eigenvalue weighted by atomic mass is 15.2. The first kappa shape index (κ1) is 15.0. The lowest BCUT2D eigenvalue weighted by molar-refractivity contribution is 0.582. The van der Waals surface area contributed by atoms with E-state index in [-0.39, 0.29) is 0 Å². The van der Waals surface area contributed by atoms with Crippen molar-refractivity contribution in [2.75, 3.05) is 18.5 Å². The number of aromatic nitrogens is 1. The fourth-order valence-electron chi connectivity index (χ4n) is 2.31. The first-order valence-electron chi connectivity index (χ1n) is 7.06. The summed E-state index contributed by atoms with van der Waals surface area (Å²) >= 11 is 0. The van der Waals surface area contributed by atoms with Gasteiger partial charge in [0, 0.05) is 25.3 Å². The molecule has 3 nitrogen and oxygen atoms in total. The Balaban J connectivity index is 2.75. The predicted molar refractivity (Wildman–Crippen MR) is 79.1 cm³/mol. The lowest BCUT2D eigenvalue weighted by Crippen LogP contribution is -2.31. The molecule has 0 saturated carbocycles. The topological polar surface area (TPSA) is 28.2 Å². The summed E-state index contributed by atoms with van der Waals surface area (Å²) in [6.45, 7) is 9.74. The van der Waals surface area contributed by atoms with Crippen molar-refractivity contribution >= 4 is 5.82 Å². The highest BCUT2D eigenvalue weighted by Crippen LogP contribution is 2.18. The van der Waals surface area contributed by atoms with Crippen molar-refractivity contribution in [1.29, 1.82) is 0 Å². The maximum Gasteiger partial charge on any atom is 0.128 e. The summed E-state index contributed by atoms with van der Waals surface area (Å²) in [5.74, 6) is 1.07. The summed E-state index contributed by atoms with van der Waals surface area (Å²) in [5, 5.41) is 3.40. The zero-order valence-corrected chi connectivity index (χ0v) is 12.4. The maximum atomic E-state index is 4.58. The monoisotopic (exact) mass is 249 g/mol. The van der Waals surface area contributed by atoms with Crippen molar-refractivity contribution in [3.63, 3.8) is 0 Å². The van der Waals surface area contributed by atoms with Crippen LogP contribution in [0.2, 0.25) is 0 Å². The molecule has 0 aliphatic carbocycles. The van der Waals surface area contributed by atoms with Gasteiger partial charge in [0.15, 0.2) is 0 Å². The molecule has 1 atom stereocenters. The van der Waals surface area contributed by atoms with E-state index in [4.69, 9.17) is 0 Å². The van der Waals surface area contributed by atoms with Crippen molar-refractivity contribution in [2.24, 2.45) is 0 Å². The zero-order chi connectivity index (χ0) is 13.5. The van der Waals surface area contributed by atoms with Crippen molar-refractivity contribution in [2.45, 2.75) is 52.6 Å². The average molecular weight is 249 g/mol. The molecule has 1 heterocycles. The minimum atomic E-state index is 0.370. The molecule has 0 saturated heterocycles. The number of nitrogens with zero attached hydrogens (tertiary/aromatic N) is 2. The lowest BCUT2D eigenvalue weighted by Gasteiger charge is -2.27. The molecule has 0 aromatic carbocycles. The Kier molecular flexibility index (Phi) is 6.13. The van der Waals surface area contributed by atoms with Gasteiger partial charge in [-0.15, -0.1) is 0 Å². The number of anilines is 1. The number of hydrogen-bond donors (Lipinski definition) is 1. The second-order valence-corrected chi connectivity index (χ2v) is 4.81. The third-order valence-electron chi connectivity index (χ3n) is 3.63. The van der Waals surface area contributed by atoms with Crippen molar-refractivity contribution in [3.8, 4) is 0 Å². The molecule has 3 heteroatoms. The Morgan fingerprint density at radius 1 is 1.22 bits per heavy atom. The van der Waals surface area contributed by atoms with Crippen LogP contribution in [0.15, 0.2) is 18.3 Å². The molecule has 0 bridgehead atoms. The van der Waals surface area contributed by atoms with E-state index in [1.165, 1.54) is 5.56 Å². The third-order valence-corrected chi connectivity index (χ3v) is 3.63. The minimum Gasteiger partial charge on any atom is -0.357 e. The smallest absolute Gasteiger partial charge is 0.128 e. The molecule has 1 unspecified atom stereocenters. The van der Waals surface area contributed by atoms with Crippen LogP contribution in [0.1, 0.15) is 52.1 Å². The quantitative estimate of drug-likeness (QED) is 0.803. The molecular formula is C15H27N3. The van der Waals surface area contributed by atoms with Gasteiger partial charge < -0.3 is 10.2 Å². The van der Waals surface area contributed by atoms with Crippen LogP contribution in [0.5, 0.6) is 0 Å². The van der Waals surface area contributed by atoms with Gasteiger partial charge in [-0.05, 0) is 37.9 Å². The Labute approximate surface area is 112 Å². The van der Waals surface area contributed by atoms with Crippen molar-refractivity contribution in [1.82, 2.24) is 10.3 Å². The van der Waals surface area contributed by atoms with E-state index in [9.17, 15) is 0 Å². The highest BCUT2D eigenvalue weighted by molar-refractivity contribution is 5.40. The molecular weight excluding hydrogens is 222 g/mol. The average Bonchev–Trinajstić information content (AvgIpc) is 2.40. The standard InChI is InChI=1S/C15H27N3/c1-6-14(7-2)18(5)15-10-9-13(11-17-15)12(4)16-8-3/h9-12,14,16H,6-8H2,1-5H3. The summed E-state index contributed by atoms with van der Waals surface area (Å²) < 4.78 is 0. The fraction of sp³-hybridized carbons (Fsp3) is 0.667. The van der Waals surface area contributed by atoms with Gasteiger partial charge in [-0.1, -0.05) is 26.8 Å². The minimum absolute atomic E-state index is 0.370. The first-order valence-corrected chi connectivity index (χ1v) is 7.06. The second-order valence-electron chi connectivity index (χ2n) is 4.81. The predicted octanol–water partition coefficient (Wildman–Crippen LogP) is 3.38. The van der Waals surface area contributed by atoms with E-state index < -0.39 is 0 Å². The Morgan fingerprint density at radius 3 is 2.33 bits per heavy atom. The van der Waals surface area contributed by atoms with Gasteiger partial charge in [-0.3, -0.25) is 0 Å². The fourth-order valence-corrected chi connectivity index (χ4v) is 2.31. The summed E-state index contributed by atoms with van der Waals surface area (Å²) in [4.78, 5) is 6.86. The highest BCUT2D eigenvalue weighted by Gasteiger charge is 2.12. The molecule has 1 N–H and O–H groups in total. The van der Waals surface area contributed by atoms with E-state index in [1.54, 1.807) is 0 Å².